The normalized spacial score (nSPS) is 39.0. The number of esters is 1. The van der Waals surface area contributed by atoms with E-state index in [9.17, 15) is 4.79 Å². The van der Waals surface area contributed by atoms with Gasteiger partial charge in [-0.15, -0.1) is 0 Å². The van der Waals surface area contributed by atoms with Gasteiger partial charge < -0.3 is 14.2 Å². The van der Waals surface area contributed by atoms with E-state index in [0.29, 0.717) is 13.0 Å². The molecule has 2 aliphatic rings. The van der Waals surface area contributed by atoms with E-state index in [1.807, 2.05) is 13.8 Å². The molecule has 2 aliphatic heterocycles. The lowest BCUT2D eigenvalue weighted by Gasteiger charge is -2.21. The maximum Gasteiger partial charge on any atom is 0.308 e. The standard InChI is InChI=1S/C8H12O4/c1-8(2)11-5-3-7(9)10-4-6(5)12-8/h5-6H,3-4H2,1-2H3/t5-,6?/m1/s1. The summed E-state index contributed by atoms with van der Waals surface area (Å²) >= 11 is 0. The van der Waals surface area contributed by atoms with Gasteiger partial charge in [0, 0.05) is 0 Å². The van der Waals surface area contributed by atoms with Crippen LogP contribution in [0.5, 0.6) is 0 Å². The van der Waals surface area contributed by atoms with Crippen LogP contribution in [0.25, 0.3) is 0 Å². The highest BCUT2D eigenvalue weighted by atomic mass is 16.8. The first-order valence-electron chi connectivity index (χ1n) is 4.08. The fourth-order valence-corrected chi connectivity index (χ4v) is 1.62. The van der Waals surface area contributed by atoms with E-state index in [0.717, 1.165) is 0 Å². The Labute approximate surface area is 70.8 Å². The van der Waals surface area contributed by atoms with Gasteiger partial charge in [0.15, 0.2) is 5.79 Å². The smallest absolute Gasteiger partial charge is 0.308 e. The van der Waals surface area contributed by atoms with E-state index in [4.69, 9.17) is 14.2 Å². The Hall–Kier alpha value is -0.610. The summed E-state index contributed by atoms with van der Waals surface area (Å²) < 4.78 is 15.8. The van der Waals surface area contributed by atoms with Crippen molar-refractivity contribution in [1.29, 1.82) is 0 Å². The van der Waals surface area contributed by atoms with Crippen LogP contribution in [0.3, 0.4) is 0 Å². The average Bonchev–Trinajstić information content (AvgIpc) is 2.21. The van der Waals surface area contributed by atoms with Crippen molar-refractivity contribution in [3.8, 4) is 0 Å². The molecule has 2 atom stereocenters. The summed E-state index contributed by atoms with van der Waals surface area (Å²) in [6.45, 7) is 4.01. The Morgan fingerprint density at radius 1 is 1.33 bits per heavy atom. The predicted octanol–water partition coefficient (Wildman–Crippen LogP) is 0.453. The molecule has 0 saturated carbocycles. The van der Waals surface area contributed by atoms with Crippen LogP contribution < -0.4 is 0 Å². The van der Waals surface area contributed by atoms with Gasteiger partial charge in [0.05, 0.1) is 6.42 Å². The minimum atomic E-state index is -0.566. The number of rotatable bonds is 0. The van der Waals surface area contributed by atoms with Crippen molar-refractivity contribution in [2.45, 2.75) is 38.3 Å². The maximum atomic E-state index is 10.9. The Kier molecular flexibility index (Phi) is 1.63. The number of cyclic esters (lactones) is 1. The van der Waals surface area contributed by atoms with Crippen molar-refractivity contribution in [2.75, 3.05) is 6.61 Å². The lowest BCUT2D eigenvalue weighted by Crippen LogP contribution is -2.36. The topological polar surface area (TPSA) is 44.8 Å². The summed E-state index contributed by atoms with van der Waals surface area (Å²) in [6.07, 6.45) is 0.132. The number of carbonyl (C=O) groups excluding carboxylic acids is 1. The quantitative estimate of drug-likeness (QED) is 0.498. The van der Waals surface area contributed by atoms with Crippen LogP contribution in [-0.4, -0.2) is 30.6 Å². The Balaban J connectivity index is 2.07. The number of carbonyl (C=O) groups is 1. The van der Waals surface area contributed by atoms with Crippen LogP contribution >= 0.6 is 0 Å². The van der Waals surface area contributed by atoms with Gasteiger partial charge in [0.25, 0.3) is 0 Å². The first kappa shape index (κ1) is 8.01. The fraction of sp³-hybridized carbons (Fsp3) is 0.875. The van der Waals surface area contributed by atoms with Crippen molar-refractivity contribution in [2.24, 2.45) is 0 Å². The van der Waals surface area contributed by atoms with Gasteiger partial charge in [0.2, 0.25) is 0 Å². The zero-order valence-corrected chi connectivity index (χ0v) is 7.20. The number of hydrogen-bond acceptors (Lipinski definition) is 4. The number of ether oxygens (including phenoxy) is 3. The van der Waals surface area contributed by atoms with Gasteiger partial charge in [-0.25, -0.2) is 0 Å². The molecule has 0 aromatic heterocycles. The molecule has 2 rings (SSSR count). The predicted molar refractivity (Wildman–Crippen MR) is 39.4 cm³/mol. The molecule has 0 spiro atoms. The van der Waals surface area contributed by atoms with Crippen molar-refractivity contribution in [3.63, 3.8) is 0 Å². The third kappa shape index (κ3) is 1.32. The number of fused-ring (bicyclic) bond motifs is 1. The van der Waals surface area contributed by atoms with Gasteiger partial charge in [-0.05, 0) is 13.8 Å². The lowest BCUT2D eigenvalue weighted by atomic mass is 10.1. The average molecular weight is 172 g/mol. The molecule has 0 aromatic carbocycles. The SMILES string of the molecule is CC1(C)OC2COC(=O)C[C@H]2O1. The highest BCUT2D eigenvalue weighted by molar-refractivity contribution is 5.71. The molecule has 2 heterocycles. The van der Waals surface area contributed by atoms with Crippen LogP contribution in [0.4, 0.5) is 0 Å². The Morgan fingerprint density at radius 2 is 2.00 bits per heavy atom. The van der Waals surface area contributed by atoms with E-state index in [2.05, 4.69) is 0 Å². The van der Waals surface area contributed by atoms with Crippen LogP contribution in [0.15, 0.2) is 0 Å². The molecule has 0 aliphatic carbocycles. The van der Waals surface area contributed by atoms with Crippen molar-refractivity contribution >= 4 is 5.97 Å². The largest absolute Gasteiger partial charge is 0.463 e. The summed E-state index contributed by atoms with van der Waals surface area (Å²) in [5.41, 5.74) is 0. The van der Waals surface area contributed by atoms with E-state index in [1.165, 1.54) is 0 Å². The summed E-state index contributed by atoms with van der Waals surface area (Å²) in [6, 6.07) is 0. The molecule has 0 radical (unpaired) electrons. The van der Waals surface area contributed by atoms with Crippen molar-refractivity contribution < 1.29 is 19.0 Å². The molecule has 0 N–H and O–H groups in total. The fourth-order valence-electron chi connectivity index (χ4n) is 1.62. The van der Waals surface area contributed by atoms with Crippen LogP contribution in [0, 0.1) is 0 Å². The van der Waals surface area contributed by atoms with Crippen molar-refractivity contribution in [1.82, 2.24) is 0 Å². The van der Waals surface area contributed by atoms with E-state index in [1.54, 1.807) is 0 Å². The van der Waals surface area contributed by atoms with Gasteiger partial charge in [0.1, 0.15) is 18.8 Å². The molecular weight excluding hydrogens is 160 g/mol. The second kappa shape index (κ2) is 2.44. The van der Waals surface area contributed by atoms with Gasteiger partial charge in [-0.2, -0.15) is 0 Å². The molecular formula is C8H12O4. The minimum absolute atomic E-state index is 0.0716. The summed E-state index contributed by atoms with van der Waals surface area (Å²) in [4.78, 5) is 10.9. The molecule has 2 saturated heterocycles. The maximum absolute atomic E-state index is 10.9. The van der Waals surface area contributed by atoms with Gasteiger partial charge in [-0.1, -0.05) is 0 Å². The molecule has 0 bridgehead atoms. The molecule has 12 heavy (non-hydrogen) atoms. The van der Waals surface area contributed by atoms with Gasteiger partial charge >= 0.3 is 5.97 Å². The molecule has 2 fully saturated rings. The van der Waals surface area contributed by atoms with E-state index >= 15 is 0 Å². The van der Waals surface area contributed by atoms with Gasteiger partial charge in [-0.3, -0.25) is 4.79 Å². The first-order chi connectivity index (χ1) is 5.57. The monoisotopic (exact) mass is 172 g/mol. The molecule has 0 aromatic rings. The lowest BCUT2D eigenvalue weighted by molar-refractivity contribution is -0.155. The summed E-state index contributed by atoms with van der Waals surface area (Å²) in [5.74, 6) is -0.763. The highest BCUT2D eigenvalue weighted by Gasteiger charge is 2.45. The Morgan fingerprint density at radius 3 is 2.75 bits per heavy atom. The zero-order chi connectivity index (χ0) is 8.77. The minimum Gasteiger partial charge on any atom is -0.463 e. The molecule has 4 heteroatoms. The van der Waals surface area contributed by atoms with Crippen LogP contribution in [-0.2, 0) is 19.0 Å². The third-order valence-corrected chi connectivity index (χ3v) is 2.06. The first-order valence-corrected chi connectivity index (χ1v) is 4.08. The summed E-state index contributed by atoms with van der Waals surface area (Å²) in [7, 11) is 0. The molecule has 4 nitrogen and oxygen atoms in total. The molecule has 68 valence electrons. The van der Waals surface area contributed by atoms with E-state index in [-0.39, 0.29) is 18.2 Å². The van der Waals surface area contributed by atoms with Crippen LogP contribution in [0.1, 0.15) is 20.3 Å². The zero-order valence-electron chi connectivity index (χ0n) is 7.20. The summed E-state index contributed by atoms with van der Waals surface area (Å²) in [5, 5.41) is 0. The van der Waals surface area contributed by atoms with E-state index < -0.39 is 5.79 Å². The second-order valence-electron chi connectivity index (χ2n) is 3.60. The van der Waals surface area contributed by atoms with Crippen LogP contribution in [0.2, 0.25) is 0 Å². The third-order valence-electron chi connectivity index (χ3n) is 2.06. The second-order valence-corrected chi connectivity index (χ2v) is 3.60. The Bertz CT molecular complexity index is 211. The number of hydrogen-bond donors (Lipinski definition) is 0. The highest BCUT2D eigenvalue weighted by Crippen LogP contribution is 2.32. The molecule has 1 unspecified atom stereocenters. The molecule has 0 amide bonds. The van der Waals surface area contributed by atoms with Crippen molar-refractivity contribution in [3.05, 3.63) is 0 Å².